The maximum absolute atomic E-state index is 11.6. The van der Waals surface area contributed by atoms with E-state index >= 15 is 0 Å². The summed E-state index contributed by atoms with van der Waals surface area (Å²) in [7, 11) is -1.92. The van der Waals surface area contributed by atoms with Gasteiger partial charge in [0.1, 0.15) is 0 Å². The van der Waals surface area contributed by atoms with Gasteiger partial charge in [-0.15, -0.1) is 4.47 Å². The highest BCUT2D eigenvalue weighted by Crippen LogP contribution is 2.28. The average molecular weight is 213 g/mol. The zero-order valence-corrected chi connectivity index (χ0v) is 8.62. The van der Waals surface area contributed by atoms with Crippen molar-refractivity contribution in [1.82, 2.24) is 0 Å². The molecule has 0 bridgehead atoms. The largest absolute Gasteiger partial charge is 0.262 e. The summed E-state index contributed by atoms with van der Waals surface area (Å²) < 4.78 is 24.1. The molecular formula is C9H11NO3S. The van der Waals surface area contributed by atoms with Crippen molar-refractivity contribution in [2.75, 3.05) is 17.3 Å². The molecule has 0 radical (unpaired) electrons. The van der Waals surface area contributed by atoms with E-state index in [0.717, 1.165) is 10.0 Å². The summed E-state index contributed by atoms with van der Waals surface area (Å²) in [5.41, 5.74) is 1.63. The van der Waals surface area contributed by atoms with E-state index in [9.17, 15) is 8.42 Å². The average Bonchev–Trinajstić information content (AvgIpc) is 2.17. The Morgan fingerprint density at radius 3 is 2.79 bits per heavy atom. The number of rotatable bonds is 1. The van der Waals surface area contributed by atoms with E-state index in [2.05, 4.69) is 0 Å². The first-order valence-corrected chi connectivity index (χ1v) is 5.91. The van der Waals surface area contributed by atoms with Gasteiger partial charge in [0.25, 0.3) is 10.0 Å². The lowest BCUT2D eigenvalue weighted by molar-refractivity contribution is 0.214. The number of aryl methyl sites for hydroxylation is 1. The second-order valence-electron chi connectivity index (χ2n) is 3.10. The summed E-state index contributed by atoms with van der Waals surface area (Å²) in [6, 6.07) is 7.35. The van der Waals surface area contributed by atoms with E-state index in [4.69, 9.17) is 4.84 Å². The van der Waals surface area contributed by atoms with Crippen molar-refractivity contribution in [3.8, 4) is 0 Å². The summed E-state index contributed by atoms with van der Waals surface area (Å²) in [4.78, 5) is 4.88. The number of anilines is 1. The van der Waals surface area contributed by atoms with E-state index in [-0.39, 0.29) is 5.75 Å². The zero-order chi connectivity index (χ0) is 10.2. The first kappa shape index (κ1) is 9.48. The molecule has 14 heavy (non-hydrogen) atoms. The maximum Gasteiger partial charge on any atom is 0.257 e. The van der Waals surface area contributed by atoms with Crippen molar-refractivity contribution >= 4 is 15.7 Å². The SMILES string of the molecule is CON1c2ccccc2CCS1(=O)=O. The molecule has 0 atom stereocenters. The highest BCUT2D eigenvalue weighted by Gasteiger charge is 2.29. The molecule has 1 aliphatic heterocycles. The van der Waals surface area contributed by atoms with E-state index < -0.39 is 10.0 Å². The van der Waals surface area contributed by atoms with E-state index in [0.29, 0.717) is 12.1 Å². The lowest BCUT2D eigenvalue weighted by Crippen LogP contribution is -2.36. The van der Waals surface area contributed by atoms with Gasteiger partial charge < -0.3 is 0 Å². The van der Waals surface area contributed by atoms with Gasteiger partial charge in [0, 0.05) is 0 Å². The molecule has 1 heterocycles. The Hall–Kier alpha value is -1.07. The smallest absolute Gasteiger partial charge is 0.257 e. The second kappa shape index (κ2) is 3.25. The molecule has 0 saturated carbocycles. The number of benzene rings is 1. The second-order valence-corrected chi connectivity index (χ2v) is 5.01. The molecule has 76 valence electrons. The van der Waals surface area contributed by atoms with Crippen LogP contribution in [-0.4, -0.2) is 21.3 Å². The van der Waals surface area contributed by atoms with Crippen LogP contribution in [0.15, 0.2) is 24.3 Å². The quantitative estimate of drug-likeness (QED) is 0.697. The highest BCUT2D eigenvalue weighted by molar-refractivity contribution is 7.92. The van der Waals surface area contributed by atoms with Crippen LogP contribution in [0.4, 0.5) is 5.69 Å². The van der Waals surface area contributed by atoms with Gasteiger partial charge in [-0.25, -0.2) is 8.42 Å². The molecule has 0 N–H and O–H groups in total. The number of hydrogen-bond acceptors (Lipinski definition) is 3. The summed E-state index contributed by atoms with van der Waals surface area (Å²) in [6.07, 6.45) is 0.554. The Kier molecular flexibility index (Phi) is 2.20. The maximum atomic E-state index is 11.6. The van der Waals surface area contributed by atoms with Crippen LogP contribution < -0.4 is 4.47 Å². The molecule has 0 aromatic heterocycles. The zero-order valence-electron chi connectivity index (χ0n) is 7.80. The van der Waals surface area contributed by atoms with Crippen molar-refractivity contribution in [2.45, 2.75) is 6.42 Å². The van der Waals surface area contributed by atoms with Crippen LogP contribution in [-0.2, 0) is 21.3 Å². The molecule has 2 rings (SSSR count). The van der Waals surface area contributed by atoms with Crippen LogP contribution in [0.2, 0.25) is 0 Å². The number of hydrogen-bond donors (Lipinski definition) is 0. The van der Waals surface area contributed by atoms with Crippen LogP contribution in [0.5, 0.6) is 0 Å². The molecule has 5 heteroatoms. The van der Waals surface area contributed by atoms with Crippen molar-refractivity contribution < 1.29 is 13.3 Å². The fourth-order valence-electron chi connectivity index (χ4n) is 1.58. The Morgan fingerprint density at radius 1 is 1.36 bits per heavy atom. The number of sulfonamides is 1. The Morgan fingerprint density at radius 2 is 2.07 bits per heavy atom. The van der Waals surface area contributed by atoms with Crippen molar-refractivity contribution in [3.05, 3.63) is 29.8 Å². The highest BCUT2D eigenvalue weighted by atomic mass is 32.2. The molecule has 0 fully saturated rings. The molecule has 4 nitrogen and oxygen atoms in total. The Bertz CT molecular complexity index is 441. The number of para-hydroxylation sites is 1. The molecule has 0 amide bonds. The van der Waals surface area contributed by atoms with Crippen LogP contribution in [0.3, 0.4) is 0 Å². The van der Waals surface area contributed by atoms with Crippen LogP contribution in [0, 0.1) is 0 Å². The van der Waals surface area contributed by atoms with Gasteiger partial charge in [0.2, 0.25) is 0 Å². The molecule has 0 unspecified atom stereocenters. The molecule has 1 aromatic carbocycles. The number of nitrogens with zero attached hydrogens (tertiary/aromatic N) is 1. The van der Waals surface area contributed by atoms with Crippen molar-refractivity contribution in [1.29, 1.82) is 0 Å². The van der Waals surface area contributed by atoms with Gasteiger partial charge in [-0.3, -0.25) is 4.84 Å². The summed E-state index contributed by atoms with van der Waals surface area (Å²) in [5, 5.41) is 0. The van der Waals surface area contributed by atoms with Gasteiger partial charge in [-0.05, 0) is 18.1 Å². The minimum Gasteiger partial charge on any atom is -0.262 e. The van der Waals surface area contributed by atoms with E-state index in [1.165, 1.54) is 7.11 Å². The molecule has 0 saturated heterocycles. The monoisotopic (exact) mass is 213 g/mol. The predicted octanol–water partition coefficient (Wildman–Crippen LogP) is 0.940. The molecule has 0 aliphatic carbocycles. The molecular weight excluding hydrogens is 202 g/mol. The van der Waals surface area contributed by atoms with Crippen molar-refractivity contribution in [2.24, 2.45) is 0 Å². The third-order valence-electron chi connectivity index (χ3n) is 2.24. The summed E-state index contributed by atoms with van der Waals surface area (Å²) in [6.45, 7) is 0. The Balaban J connectivity index is 2.56. The van der Waals surface area contributed by atoms with Gasteiger partial charge in [-0.2, -0.15) is 0 Å². The summed E-state index contributed by atoms with van der Waals surface area (Å²) >= 11 is 0. The minimum atomic E-state index is -3.28. The third kappa shape index (κ3) is 1.38. The topological polar surface area (TPSA) is 46.6 Å². The standard InChI is InChI=1S/C9H11NO3S/c1-13-10-9-5-3-2-4-8(9)6-7-14(10,11)12/h2-5H,6-7H2,1H3. The van der Waals surface area contributed by atoms with Gasteiger partial charge in [0.15, 0.2) is 0 Å². The molecule has 1 aromatic rings. The first-order chi connectivity index (χ1) is 6.65. The van der Waals surface area contributed by atoms with Gasteiger partial charge in [0.05, 0.1) is 18.6 Å². The number of fused-ring (bicyclic) bond motifs is 1. The lowest BCUT2D eigenvalue weighted by atomic mass is 10.1. The van der Waals surface area contributed by atoms with Gasteiger partial charge in [-0.1, -0.05) is 18.2 Å². The van der Waals surface area contributed by atoms with Crippen LogP contribution in [0.1, 0.15) is 5.56 Å². The Labute approximate surface area is 83.1 Å². The molecule has 0 spiro atoms. The first-order valence-electron chi connectivity index (χ1n) is 4.30. The molecule has 1 aliphatic rings. The minimum absolute atomic E-state index is 0.109. The van der Waals surface area contributed by atoms with Crippen LogP contribution >= 0.6 is 0 Å². The van der Waals surface area contributed by atoms with E-state index in [1.807, 2.05) is 12.1 Å². The predicted molar refractivity (Wildman–Crippen MR) is 53.4 cm³/mol. The van der Waals surface area contributed by atoms with Crippen molar-refractivity contribution in [3.63, 3.8) is 0 Å². The summed E-state index contributed by atoms with van der Waals surface area (Å²) in [5.74, 6) is 0.109. The normalized spacial score (nSPS) is 19.1. The fourth-order valence-corrected chi connectivity index (χ4v) is 2.93. The van der Waals surface area contributed by atoms with E-state index in [1.54, 1.807) is 12.1 Å². The third-order valence-corrected chi connectivity index (χ3v) is 3.81. The lowest BCUT2D eigenvalue weighted by Gasteiger charge is -2.27. The van der Waals surface area contributed by atoms with Crippen LogP contribution in [0.25, 0.3) is 0 Å². The van der Waals surface area contributed by atoms with Gasteiger partial charge >= 0.3 is 0 Å². The fraction of sp³-hybridized carbons (Fsp3) is 0.333.